The molecule has 0 aliphatic heterocycles. The minimum Gasteiger partial charge on any atom is -0.330 e. The van der Waals surface area contributed by atoms with Gasteiger partial charge >= 0.3 is 6.18 Å². The molecule has 0 spiro atoms. The first-order valence-electron chi connectivity index (χ1n) is 10.3. The summed E-state index contributed by atoms with van der Waals surface area (Å²) in [6, 6.07) is 9.49. The summed E-state index contributed by atoms with van der Waals surface area (Å²) >= 11 is 1.18. The van der Waals surface area contributed by atoms with Crippen LogP contribution < -0.4 is 0 Å². The van der Waals surface area contributed by atoms with Crippen molar-refractivity contribution in [1.29, 1.82) is 0 Å². The third-order valence-corrected chi connectivity index (χ3v) is 6.61. The summed E-state index contributed by atoms with van der Waals surface area (Å²) in [5, 5.41) is 9.16. The SMILES string of the molecule is CC(C1CC1)N(CC(F)(F)F)C(=O)CSc1nnc(C2CC2)n1Cc1ccccc1. The van der Waals surface area contributed by atoms with Crippen LogP contribution in [0.1, 0.15) is 49.9 Å². The third-order valence-electron chi connectivity index (χ3n) is 5.66. The maximum Gasteiger partial charge on any atom is 0.406 e. The molecule has 0 N–H and O–H groups in total. The lowest BCUT2D eigenvalue weighted by Crippen LogP contribution is -2.46. The fourth-order valence-corrected chi connectivity index (χ4v) is 4.49. The van der Waals surface area contributed by atoms with Crippen LogP contribution in [0.25, 0.3) is 0 Å². The van der Waals surface area contributed by atoms with Gasteiger partial charge < -0.3 is 9.47 Å². The summed E-state index contributed by atoms with van der Waals surface area (Å²) < 4.78 is 41.2. The quantitative estimate of drug-likeness (QED) is 0.542. The standard InChI is InChI=1S/C21H25F3N4OS/c1-14(16-7-8-16)28(13-21(22,23)24)18(29)12-30-20-26-25-19(17-9-10-17)27(20)11-15-5-3-2-4-6-15/h2-6,14,16-17H,7-13H2,1H3. The van der Waals surface area contributed by atoms with Crippen molar-refractivity contribution < 1.29 is 18.0 Å². The molecule has 9 heteroatoms. The molecule has 30 heavy (non-hydrogen) atoms. The summed E-state index contributed by atoms with van der Waals surface area (Å²) in [6.07, 6.45) is -0.516. The van der Waals surface area contributed by atoms with Crippen molar-refractivity contribution in [1.82, 2.24) is 19.7 Å². The van der Waals surface area contributed by atoms with Gasteiger partial charge in [-0.05, 0) is 44.1 Å². The van der Waals surface area contributed by atoms with E-state index in [1.54, 1.807) is 6.92 Å². The fraction of sp³-hybridized carbons (Fsp3) is 0.571. The molecular weight excluding hydrogens is 413 g/mol. The molecule has 1 heterocycles. The van der Waals surface area contributed by atoms with E-state index in [4.69, 9.17) is 0 Å². The fourth-order valence-electron chi connectivity index (χ4n) is 3.66. The predicted molar refractivity (Wildman–Crippen MR) is 108 cm³/mol. The Morgan fingerprint density at radius 3 is 2.50 bits per heavy atom. The van der Waals surface area contributed by atoms with Crippen molar-refractivity contribution in [3.63, 3.8) is 0 Å². The largest absolute Gasteiger partial charge is 0.406 e. The van der Waals surface area contributed by atoms with E-state index in [0.717, 1.165) is 42.0 Å². The summed E-state index contributed by atoms with van der Waals surface area (Å²) in [5.74, 6) is 0.865. The van der Waals surface area contributed by atoms with Crippen LogP contribution in [-0.4, -0.2) is 50.1 Å². The van der Waals surface area contributed by atoms with E-state index < -0.39 is 24.7 Å². The average molecular weight is 439 g/mol. The normalized spacial score (nSPS) is 17.7. The summed E-state index contributed by atoms with van der Waals surface area (Å²) in [4.78, 5) is 13.7. The van der Waals surface area contributed by atoms with Gasteiger partial charge in [-0.1, -0.05) is 42.1 Å². The first-order chi connectivity index (χ1) is 14.3. The molecule has 1 aromatic carbocycles. The molecule has 2 saturated carbocycles. The molecule has 1 aromatic heterocycles. The van der Waals surface area contributed by atoms with Gasteiger partial charge in [0.15, 0.2) is 5.16 Å². The number of amides is 1. The molecule has 5 nitrogen and oxygen atoms in total. The predicted octanol–water partition coefficient (Wildman–Crippen LogP) is 4.49. The van der Waals surface area contributed by atoms with Gasteiger partial charge in [0.25, 0.3) is 0 Å². The first-order valence-corrected chi connectivity index (χ1v) is 11.3. The minimum atomic E-state index is -4.41. The van der Waals surface area contributed by atoms with Gasteiger partial charge in [-0.25, -0.2) is 0 Å². The number of aromatic nitrogens is 3. The van der Waals surface area contributed by atoms with Crippen LogP contribution in [0.4, 0.5) is 13.2 Å². The van der Waals surface area contributed by atoms with Gasteiger partial charge in [0.2, 0.25) is 5.91 Å². The van der Waals surface area contributed by atoms with E-state index in [1.807, 2.05) is 34.9 Å². The zero-order valence-corrected chi connectivity index (χ0v) is 17.6. The highest BCUT2D eigenvalue weighted by Crippen LogP contribution is 2.40. The number of hydrogen-bond donors (Lipinski definition) is 0. The van der Waals surface area contributed by atoms with Crippen molar-refractivity contribution in [2.75, 3.05) is 12.3 Å². The van der Waals surface area contributed by atoms with Crippen LogP contribution >= 0.6 is 11.8 Å². The van der Waals surface area contributed by atoms with Crippen LogP contribution in [0.5, 0.6) is 0 Å². The Balaban J connectivity index is 1.47. The number of rotatable bonds is 9. The smallest absolute Gasteiger partial charge is 0.330 e. The number of alkyl halides is 3. The molecule has 4 rings (SSSR count). The topological polar surface area (TPSA) is 51.0 Å². The molecule has 2 aliphatic rings. The molecule has 2 fully saturated rings. The van der Waals surface area contributed by atoms with Gasteiger partial charge in [-0.3, -0.25) is 4.79 Å². The van der Waals surface area contributed by atoms with Crippen molar-refractivity contribution in [3.8, 4) is 0 Å². The molecule has 0 radical (unpaired) electrons. The van der Waals surface area contributed by atoms with E-state index in [1.165, 1.54) is 11.8 Å². The monoisotopic (exact) mass is 438 g/mol. The lowest BCUT2D eigenvalue weighted by molar-refractivity contribution is -0.164. The molecule has 162 valence electrons. The van der Waals surface area contributed by atoms with Crippen LogP contribution in [0, 0.1) is 5.92 Å². The second-order valence-corrected chi connectivity index (χ2v) is 9.13. The van der Waals surface area contributed by atoms with Gasteiger partial charge in [-0.15, -0.1) is 10.2 Å². The molecule has 0 saturated heterocycles. The Labute approximate surface area is 178 Å². The second-order valence-electron chi connectivity index (χ2n) is 8.19. The maximum atomic E-state index is 13.1. The average Bonchev–Trinajstić information content (AvgIpc) is 3.62. The summed E-state index contributed by atoms with van der Waals surface area (Å²) in [7, 11) is 0. The van der Waals surface area contributed by atoms with Crippen molar-refractivity contribution in [2.24, 2.45) is 5.92 Å². The van der Waals surface area contributed by atoms with Gasteiger partial charge in [-0.2, -0.15) is 13.2 Å². The Morgan fingerprint density at radius 1 is 1.20 bits per heavy atom. The summed E-state index contributed by atoms with van der Waals surface area (Å²) in [5.41, 5.74) is 1.09. The zero-order valence-electron chi connectivity index (χ0n) is 16.8. The van der Waals surface area contributed by atoms with Crippen molar-refractivity contribution in [3.05, 3.63) is 41.7 Å². The second kappa shape index (κ2) is 8.61. The highest BCUT2D eigenvalue weighted by atomic mass is 32.2. The van der Waals surface area contributed by atoms with Crippen LogP contribution in [-0.2, 0) is 11.3 Å². The van der Waals surface area contributed by atoms with E-state index in [2.05, 4.69) is 10.2 Å². The lowest BCUT2D eigenvalue weighted by Gasteiger charge is -2.30. The maximum absolute atomic E-state index is 13.1. The molecule has 2 aromatic rings. The Bertz CT molecular complexity index is 878. The number of thioether (sulfide) groups is 1. The van der Waals surface area contributed by atoms with Crippen LogP contribution in [0.15, 0.2) is 35.5 Å². The number of carbonyl (C=O) groups excluding carboxylic acids is 1. The summed E-state index contributed by atoms with van der Waals surface area (Å²) in [6.45, 7) is 1.10. The molecule has 0 bridgehead atoms. The number of benzene rings is 1. The number of halogens is 3. The van der Waals surface area contributed by atoms with Crippen LogP contribution in [0.2, 0.25) is 0 Å². The first kappa shape index (κ1) is 21.2. The van der Waals surface area contributed by atoms with E-state index in [-0.39, 0.29) is 11.7 Å². The van der Waals surface area contributed by atoms with E-state index in [0.29, 0.717) is 17.6 Å². The number of hydrogen-bond acceptors (Lipinski definition) is 4. The van der Waals surface area contributed by atoms with Gasteiger partial charge in [0.05, 0.1) is 12.3 Å². The van der Waals surface area contributed by atoms with Crippen LogP contribution in [0.3, 0.4) is 0 Å². The Hall–Kier alpha value is -2.03. The van der Waals surface area contributed by atoms with Gasteiger partial charge in [0, 0.05) is 12.0 Å². The minimum absolute atomic E-state index is 0.0786. The highest BCUT2D eigenvalue weighted by Gasteiger charge is 2.40. The lowest BCUT2D eigenvalue weighted by atomic mass is 10.2. The molecule has 1 amide bonds. The molecule has 2 aliphatic carbocycles. The van der Waals surface area contributed by atoms with E-state index >= 15 is 0 Å². The number of carbonyl (C=O) groups is 1. The van der Waals surface area contributed by atoms with Crippen molar-refractivity contribution in [2.45, 2.75) is 62.4 Å². The third kappa shape index (κ3) is 5.36. The Kier molecular flexibility index (Phi) is 6.09. The molecular formula is C21H25F3N4OS. The zero-order chi connectivity index (χ0) is 21.3. The van der Waals surface area contributed by atoms with Crippen molar-refractivity contribution >= 4 is 17.7 Å². The Morgan fingerprint density at radius 2 is 1.90 bits per heavy atom. The van der Waals surface area contributed by atoms with E-state index in [9.17, 15) is 18.0 Å². The van der Waals surface area contributed by atoms with Gasteiger partial charge in [0.1, 0.15) is 12.4 Å². The molecule has 1 atom stereocenters. The number of nitrogens with zero attached hydrogens (tertiary/aromatic N) is 4. The molecule has 1 unspecified atom stereocenters. The highest BCUT2D eigenvalue weighted by molar-refractivity contribution is 7.99.